The average Bonchev–Trinajstić information content (AvgIpc) is 1.82. The molecule has 7 heteroatoms. The second-order valence-electron chi connectivity index (χ2n) is 2.97. The van der Waals surface area contributed by atoms with E-state index in [1.54, 1.807) is 0 Å². The Morgan fingerprint density at radius 3 is 1.85 bits per heavy atom. The van der Waals surface area contributed by atoms with E-state index in [1.807, 2.05) is 0 Å². The minimum absolute atomic E-state index is 0.0231. The molecule has 0 rings (SSSR count). The highest BCUT2D eigenvalue weighted by Crippen LogP contribution is 2.12. The Morgan fingerprint density at radius 2 is 1.54 bits per heavy atom. The lowest BCUT2D eigenvalue weighted by Gasteiger charge is -2.23. The molecule has 1 atom stereocenters. The first-order valence-corrected chi connectivity index (χ1v) is 3.72. The molecule has 0 bridgehead atoms. The highest BCUT2D eigenvalue weighted by atomic mass is 16.7. The van der Waals surface area contributed by atoms with E-state index in [2.05, 4.69) is 0 Å². The van der Waals surface area contributed by atoms with Crippen molar-refractivity contribution in [1.82, 2.24) is 0 Å². The van der Waals surface area contributed by atoms with Crippen LogP contribution in [0.15, 0.2) is 0 Å². The molecule has 0 spiro atoms. The smallest absolute Gasteiger partial charge is 0.275 e. The molecule has 0 radical (unpaired) electrons. The molecule has 0 fully saturated rings. The fraction of sp³-hybridized carbons (Fsp3) is 1.00. The van der Waals surface area contributed by atoms with E-state index in [-0.39, 0.29) is 12.8 Å². The molecular weight excluding hydrogens is 182 g/mol. The van der Waals surface area contributed by atoms with E-state index in [4.69, 9.17) is 36.4 Å². The van der Waals surface area contributed by atoms with Gasteiger partial charge in [-0.3, -0.25) is 5.73 Å². The summed E-state index contributed by atoms with van der Waals surface area (Å²) in [5.74, 6) is -5.51. The van der Waals surface area contributed by atoms with Gasteiger partial charge in [0, 0.05) is 6.42 Å². The zero-order chi connectivity index (χ0) is 10.7. The molecule has 0 aliphatic carbocycles. The van der Waals surface area contributed by atoms with Gasteiger partial charge in [0.15, 0.2) is 0 Å². The van der Waals surface area contributed by atoms with Crippen LogP contribution < -0.4 is 5.73 Å². The third-order valence-corrected chi connectivity index (χ3v) is 1.48. The number of hydrogen-bond donors (Lipinski definition) is 7. The minimum atomic E-state index is -2.80. The fourth-order valence-corrected chi connectivity index (χ4v) is 0.745. The molecule has 0 aliphatic rings. The maximum atomic E-state index is 8.91. The van der Waals surface area contributed by atoms with Crippen molar-refractivity contribution in [2.24, 2.45) is 5.73 Å². The summed E-state index contributed by atoms with van der Waals surface area (Å²) in [6, 6.07) is 0. The SMILES string of the molecule is NC(O)(O)C(O)CCCC(O)(O)O. The van der Waals surface area contributed by atoms with Crippen LogP contribution in [0.1, 0.15) is 19.3 Å². The molecule has 13 heavy (non-hydrogen) atoms. The maximum Gasteiger partial charge on any atom is 0.275 e. The van der Waals surface area contributed by atoms with Gasteiger partial charge in [-0.25, -0.2) is 0 Å². The predicted molar refractivity (Wildman–Crippen MR) is 40.6 cm³/mol. The van der Waals surface area contributed by atoms with Crippen molar-refractivity contribution < 1.29 is 30.6 Å². The van der Waals surface area contributed by atoms with Crippen molar-refractivity contribution in [3.63, 3.8) is 0 Å². The summed E-state index contributed by atoms with van der Waals surface area (Å²) in [6.07, 6.45) is -2.22. The summed E-state index contributed by atoms with van der Waals surface area (Å²) in [7, 11) is 0. The van der Waals surface area contributed by atoms with E-state index < -0.39 is 24.4 Å². The molecule has 80 valence electrons. The Balaban J connectivity index is 3.67. The van der Waals surface area contributed by atoms with Crippen molar-refractivity contribution in [3.05, 3.63) is 0 Å². The summed E-state index contributed by atoms with van der Waals surface area (Å²) < 4.78 is 0. The zero-order valence-corrected chi connectivity index (χ0v) is 6.96. The molecule has 1 unspecified atom stereocenters. The van der Waals surface area contributed by atoms with E-state index in [1.165, 1.54) is 0 Å². The minimum Gasteiger partial charge on any atom is -0.386 e. The van der Waals surface area contributed by atoms with Crippen LogP contribution in [-0.2, 0) is 0 Å². The van der Waals surface area contributed by atoms with Crippen LogP contribution in [-0.4, -0.2) is 48.6 Å². The van der Waals surface area contributed by atoms with Gasteiger partial charge in [0.1, 0.15) is 6.10 Å². The van der Waals surface area contributed by atoms with Crippen LogP contribution >= 0.6 is 0 Å². The lowest BCUT2D eigenvalue weighted by molar-refractivity contribution is -0.316. The molecular formula is C6H15NO6. The summed E-state index contributed by atoms with van der Waals surface area (Å²) in [6.45, 7) is 0. The summed E-state index contributed by atoms with van der Waals surface area (Å²) >= 11 is 0. The first-order valence-electron chi connectivity index (χ1n) is 3.72. The molecule has 0 saturated carbocycles. The topological polar surface area (TPSA) is 147 Å². The first kappa shape index (κ1) is 12.7. The summed E-state index contributed by atoms with van der Waals surface area (Å²) in [4.78, 5) is 0. The van der Waals surface area contributed by atoms with E-state index in [9.17, 15) is 0 Å². The van der Waals surface area contributed by atoms with Crippen LogP contribution in [0.3, 0.4) is 0 Å². The Labute approximate surface area is 74.7 Å². The Hall–Kier alpha value is -0.280. The predicted octanol–water partition coefficient (Wildman–Crippen LogP) is -3.25. The Kier molecular flexibility index (Phi) is 4.20. The zero-order valence-electron chi connectivity index (χ0n) is 6.96. The normalized spacial score (nSPS) is 15.9. The number of nitrogens with two attached hydrogens (primary N) is 1. The highest BCUT2D eigenvalue weighted by molar-refractivity contribution is 4.68. The van der Waals surface area contributed by atoms with Crippen LogP contribution in [0.2, 0.25) is 0 Å². The van der Waals surface area contributed by atoms with Crippen molar-refractivity contribution in [1.29, 1.82) is 0 Å². The lowest BCUT2D eigenvalue weighted by Crippen LogP contribution is -2.50. The van der Waals surface area contributed by atoms with Crippen LogP contribution in [0.4, 0.5) is 0 Å². The molecule has 7 nitrogen and oxygen atoms in total. The lowest BCUT2D eigenvalue weighted by atomic mass is 10.1. The quantitative estimate of drug-likeness (QED) is 0.229. The largest absolute Gasteiger partial charge is 0.386 e. The first-order chi connectivity index (χ1) is 5.63. The second-order valence-corrected chi connectivity index (χ2v) is 2.97. The standard InChI is InChI=1S/C6H15NO6/c7-6(12,13)4(8)2-1-3-5(9,10)11/h4,8-13H,1-3,7H2. The van der Waals surface area contributed by atoms with Crippen molar-refractivity contribution in [2.45, 2.75) is 37.3 Å². The van der Waals surface area contributed by atoms with E-state index in [0.29, 0.717) is 0 Å². The third-order valence-electron chi connectivity index (χ3n) is 1.48. The monoisotopic (exact) mass is 197 g/mol. The van der Waals surface area contributed by atoms with Crippen LogP contribution in [0.25, 0.3) is 0 Å². The summed E-state index contributed by atoms with van der Waals surface area (Å²) in [5.41, 5.74) is 4.70. The highest BCUT2D eigenvalue weighted by Gasteiger charge is 2.28. The van der Waals surface area contributed by atoms with Crippen molar-refractivity contribution in [3.8, 4) is 0 Å². The van der Waals surface area contributed by atoms with Crippen LogP contribution in [0.5, 0.6) is 0 Å². The number of rotatable bonds is 5. The van der Waals surface area contributed by atoms with Gasteiger partial charge in [-0.15, -0.1) is 0 Å². The van der Waals surface area contributed by atoms with Gasteiger partial charge in [0.2, 0.25) is 5.91 Å². The van der Waals surface area contributed by atoms with E-state index >= 15 is 0 Å². The molecule has 0 aromatic rings. The van der Waals surface area contributed by atoms with Gasteiger partial charge >= 0.3 is 0 Å². The third kappa shape index (κ3) is 6.84. The van der Waals surface area contributed by atoms with Gasteiger partial charge in [-0.1, -0.05) is 0 Å². The summed E-state index contributed by atoms with van der Waals surface area (Å²) in [5, 5.41) is 51.4. The molecule has 0 heterocycles. The van der Waals surface area contributed by atoms with E-state index in [0.717, 1.165) is 0 Å². The second kappa shape index (κ2) is 4.29. The molecule has 0 amide bonds. The average molecular weight is 197 g/mol. The van der Waals surface area contributed by atoms with Gasteiger partial charge < -0.3 is 30.6 Å². The van der Waals surface area contributed by atoms with Crippen molar-refractivity contribution >= 4 is 0 Å². The van der Waals surface area contributed by atoms with Crippen LogP contribution in [0, 0.1) is 0 Å². The molecule has 0 aromatic heterocycles. The molecule has 0 aliphatic heterocycles. The van der Waals surface area contributed by atoms with Gasteiger partial charge in [-0.2, -0.15) is 0 Å². The number of hydrogen-bond acceptors (Lipinski definition) is 7. The molecule has 0 saturated heterocycles. The van der Waals surface area contributed by atoms with Gasteiger partial charge in [0.25, 0.3) is 5.97 Å². The molecule has 8 N–H and O–H groups in total. The Morgan fingerprint density at radius 1 is 1.08 bits per heavy atom. The van der Waals surface area contributed by atoms with Gasteiger partial charge in [0.05, 0.1) is 0 Å². The number of aliphatic hydroxyl groups is 6. The molecule has 0 aromatic carbocycles. The van der Waals surface area contributed by atoms with Crippen molar-refractivity contribution in [2.75, 3.05) is 0 Å². The fourth-order valence-electron chi connectivity index (χ4n) is 0.745. The number of aliphatic hydroxyl groups excluding tert-OH is 1. The van der Waals surface area contributed by atoms with Gasteiger partial charge in [-0.05, 0) is 12.8 Å². The Bertz CT molecular complexity index is 148. The maximum absolute atomic E-state index is 8.91.